The highest BCUT2D eigenvalue weighted by molar-refractivity contribution is 5.95. The predicted molar refractivity (Wildman–Crippen MR) is 182 cm³/mol. The number of ether oxygens (including phenoxy) is 1. The number of benzene rings is 4. The van der Waals surface area contributed by atoms with E-state index in [1.807, 2.05) is 105 Å². The summed E-state index contributed by atoms with van der Waals surface area (Å²) in [5.74, 6) is 0.439. The van der Waals surface area contributed by atoms with Gasteiger partial charge in [0.05, 0.1) is 23.5 Å². The van der Waals surface area contributed by atoms with Crippen LogP contribution in [0.5, 0.6) is 5.75 Å². The van der Waals surface area contributed by atoms with E-state index in [9.17, 15) is 10.1 Å². The zero-order chi connectivity index (χ0) is 32.0. The monoisotopic (exact) mass is 603 g/mol. The Labute approximate surface area is 268 Å². The molecule has 7 heteroatoms. The van der Waals surface area contributed by atoms with Crippen molar-refractivity contribution in [3.8, 4) is 34.5 Å². The molecule has 6 aromatic rings. The minimum atomic E-state index is -0.280. The molecule has 0 atom stereocenters. The summed E-state index contributed by atoms with van der Waals surface area (Å²) in [5, 5.41) is 13.6. The summed E-state index contributed by atoms with van der Waals surface area (Å²) in [4.78, 5) is 12.9. The molecule has 0 fully saturated rings. The number of hydrogen-bond donors (Lipinski definition) is 1. The van der Waals surface area contributed by atoms with Gasteiger partial charge in [-0.15, -0.1) is 0 Å². The molecule has 0 bridgehead atoms. The van der Waals surface area contributed by atoms with Gasteiger partial charge in [-0.3, -0.25) is 4.79 Å². The normalized spacial score (nSPS) is 11.0. The lowest BCUT2D eigenvalue weighted by molar-refractivity contribution is 0.0955. The Balaban J connectivity index is 1.10. The lowest BCUT2D eigenvalue weighted by Crippen LogP contribution is -2.17. The van der Waals surface area contributed by atoms with Gasteiger partial charge < -0.3 is 13.9 Å². The maximum atomic E-state index is 12.9. The van der Waals surface area contributed by atoms with Gasteiger partial charge >= 0.3 is 0 Å². The van der Waals surface area contributed by atoms with Gasteiger partial charge in [0.1, 0.15) is 12.4 Å². The number of hydrogen-bond acceptors (Lipinski definition) is 4. The Morgan fingerprint density at radius 3 is 2.22 bits per heavy atom. The van der Waals surface area contributed by atoms with Gasteiger partial charge in [0.2, 0.25) is 0 Å². The Kier molecular flexibility index (Phi) is 8.62. The second kappa shape index (κ2) is 13.2. The Bertz CT molecular complexity index is 2060. The number of nitrogens with one attached hydrogen (secondary N) is 1. The average Bonchev–Trinajstić information content (AvgIpc) is 3.62. The van der Waals surface area contributed by atoms with Crippen molar-refractivity contribution in [2.75, 3.05) is 0 Å². The number of rotatable bonds is 9. The number of nitrogens with zero attached hydrogens (tertiary/aromatic N) is 4. The number of aromatic nitrogens is 2. The number of aryl methyl sites for hydroxylation is 2. The van der Waals surface area contributed by atoms with Crippen molar-refractivity contribution in [3.05, 3.63) is 161 Å². The van der Waals surface area contributed by atoms with Crippen LogP contribution in [-0.4, -0.2) is 21.3 Å². The molecule has 6 rings (SSSR count). The van der Waals surface area contributed by atoms with E-state index >= 15 is 0 Å². The summed E-state index contributed by atoms with van der Waals surface area (Å²) in [6.45, 7) is 6.44. The van der Waals surface area contributed by atoms with Crippen molar-refractivity contribution < 1.29 is 9.53 Å². The van der Waals surface area contributed by atoms with E-state index in [1.54, 1.807) is 12.3 Å². The van der Waals surface area contributed by atoms with Gasteiger partial charge in [0.15, 0.2) is 0 Å². The lowest BCUT2D eigenvalue weighted by Gasteiger charge is -2.12. The van der Waals surface area contributed by atoms with E-state index in [0.29, 0.717) is 17.7 Å². The molecule has 1 N–H and O–H groups in total. The largest absolute Gasteiger partial charge is 0.489 e. The van der Waals surface area contributed by atoms with Crippen LogP contribution in [0.3, 0.4) is 0 Å². The second-order valence-corrected chi connectivity index (χ2v) is 11.0. The van der Waals surface area contributed by atoms with Crippen molar-refractivity contribution in [1.82, 2.24) is 14.6 Å². The smallest absolute Gasteiger partial charge is 0.271 e. The molecule has 0 aliphatic carbocycles. The number of amides is 1. The van der Waals surface area contributed by atoms with Crippen molar-refractivity contribution in [1.29, 1.82) is 5.26 Å². The van der Waals surface area contributed by atoms with Crippen LogP contribution in [0, 0.1) is 32.1 Å². The van der Waals surface area contributed by atoms with Gasteiger partial charge in [0.25, 0.3) is 5.91 Å². The third-order valence-corrected chi connectivity index (χ3v) is 8.00. The van der Waals surface area contributed by atoms with Crippen molar-refractivity contribution >= 4 is 12.1 Å². The SMILES string of the molecule is Cc1ccc(-c2ccccc2)n1-c1ccc(C(=O)N/N=C/c2cc(C)n(-c3ccc(OCc4ccccc4C#N)cc3)c2C)cc1. The molecule has 0 spiro atoms. The Morgan fingerprint density at radius 1 is 0.804 bits per heavy atom. The van der Waals surface area contributed by atoms with Crippen LogP contribution in [0.2, 0.25) is 0 Å². The first-order valence-corrected chi connectivity index (χ1v) is 15.0. The first-order chi connectivity index (χ1) is 22.4. The maximum absolute atomic E-state index is 12.9. The summed E-state index contributed by atoms with van der Waals surface area (Å²) in [6, 6.07) is 41.5. The van der Waals surface area contributed by atoms with Crippen molar-refractivity contribution in [2.45, 2.75) is 27.4 Å². The van der Waals surface area contributed by atoms with Crippen LogP contribution >= 0.6 is 0 Å². The minimum absolute atomic E-state index is 0.280. The van der Waals surface area contributed by atoms with Gasteiger partial charge in [-0.05, 0) is 99.1 Å². The fraction of sp³-hybridized carbons (Fsp3) is 0.103. The van der Waals surface area contributed by atoms with Crippen LogP contribution < -0.4 is 10.2 Å². The molecule has 46 heavy (non-hydrogen) atoms. The molecule has 0 radical (unpaired) electrons. The number of hydrazone groups is 1. The molecule has 0 aliphatic rings. The zero-order valence-electron chi connectivity index (χ0n) is 25.9. The topological polar surface area (TPSA) is 84.3 Å². The Hall–Kier alpha value is -6.13. The van der Waals surface area contributed by atoms with Gasteiger partial charge in [-0.25, -0.2) is 5.43 Å². The summed E-state index contributed by atoms with van der Waals surface area (Å²) in [6.07, 6.45) is 1.67. The Morgan fingerprint density at radius 2 is 1.48 bits per heavy atom. The molecule has 0 unspecified atom stereocenters. The van der Waals surface area contributed by atoms with Gasteiger partial charge in [-0.2, -0.15) is 10.4 Å². The summed E-state index contributed by atoms with van der Waals surface area (Å²) >= 11 is 0. The van der Waals surface area contributed by atoms with Gasteiger partial charge in [0, 0.05) is 45.1 Å². The number of nitriles is 1. The van der Waals surface area contributed by atoms with Crippen LogP contribution in [0.15, 0.2) is 126 Å². The number of carbonyl (C=O) groups excluding carboxylic acids is 1. The average molecular weight is 604 g/mol. The van der Waals surface area contributed by atoms with E-state index in [2.05, 4.69) is 56.9 Å². The van der Waals surface area contributed by atoms with Crippen LogP contribution in [-0.2, 0) is 6.61 Å². The molecule has 1 amide bonds. The van der Waals surface area contributed by atoms with Crippen LogP contribution in [0.1, 0.15) is 44.1 Å². The van der Waals surface area contributed by atoms with Gasteiger partial charge in [-0.1, -0.05) is 48.5 Å². The van der Waals surface area contributed by atoms with E-state index in [0.717, 1.165) is 56.6 Å². The quantitative estimate of drug-likeness (QED) is 0.134. The first kappa shape index (κ1) is 29.9. The van der Waals surface area contributed by atoms with Crippen LogP contribution in [0.25, 0.3) is 22.6 Å². The molecular weight excluding hydrogens is 570 g/mol. The highest BCUT2D eigenvalue weighted by atomic mass is 16.5. The summed E-state index contributed by atoms with van der Waals surface area (Å²) < 4.78 is 10.2. The minimum Gasteiger partial charge on any atom is -0.489 e. The fourth-order valence-corrected chi connectivity index (χ4v) is 5.63. The van der Waals surface area contributed by atoms with Crippen molar-refractivity contribution in [3.63, 3.8) is 0 Å². The van der Waals surface area contributed by atoms with Crippen molar-refractivity contribution in [2.24, 2.45) is 5.10 Å². The maximum Gasteiger partial charge on any atom is 0.271 e. The molecule has 4 aromatic carbocycles. The fourth-order valence-electron chi connectivity index (χ4n) is 5.63. The molecule has 0 aliphatic heterocycles. The molecule has 2 aromatic heterocycles. The molecule has 7 nitrogen and oxygen atoms in total. The first-order valence-electron chi connectivity index (χ1n) is 15.0. The van der Waals surface area contributed by atoms with E-state index in [4.69, 9.17) is 4.74 Å². The van der Waals surface area contributed by atoms with E-state index < -0.39 is 0 Å². The second-order valence-electron chi connectivity index (χ2n) is 11.0. The summed E-state index contributed by atoms with van der Waals surface area (Å²) in [7, 11) is 0. The molecule has 0 saturated carbocycles. The number of carbonyl (C=O) groups is 1. The molecule has 2 heterocycles. The van der Waals surface area contributed by atoms with E-state index in [-0.39, 0.29) is 5.91 Å². The predicted octanol–water partition coefficient (Wildman–Crippen LogP) is 8.07. The highest BCUT2D eigenvalue weighted by Crippen LogP contribution is 2.27. The molecule has 0 saturated heterocycles. The third kappa shape index (κ3) is 6.23. The molecule has 226 valence electrons. The third-order valence-electron chi connectivity index (χ3n) is 8.00. The highest BCUT2D eigenvalue weighted by Gasteiger charge is 2.13. The zero-order valence-corrected chi connectivity index (χ0v) is 25.9. The van der Waals surface area contributed by atoms with E-state index in [1.165, 1.54) is 0 Å². The standard InChI is InChI=1S/C39H33N5O2/c1-27-13-22-38(30-9-5-4-6-10-30)44(27)36-16-14-31(15-17-36)39(45)42-41-25-34-23-28(2)43(29(34)3)35-18-20-37(21-19-35)46-26-33-12-8-7-11-32(33)24-40/h4-23,25H,26H2,1-3H3,(H,42,45)/b41-25+. The van der Waals surface area contributed by atoms with Crippen LogP contribution in [0.4, 0.5) is 0 Å². The summed E-state index contributed by atoms with van der Waals surface area (Å²) in [5.41, 5.74) is 12.9. The lowest BCUT2D eigenvalue weighted by atomic mass is 10.1. The molecular formula is C39H33N5O2.